The number of benzene rings is 2. The lowest BCUT2D eigenvalue weighted by atomic mass is 10.1. The molecule has 0 aliphatic rings. The summed E-state index contributed by atoms with van der Waals surface area (Å²) in [5.41, 5.74) is 7.56. The van der Waals surface area contributed by atoms with Gasteiger partial charge in [0.05, 0.1) is 4.90 Å². The minimum absolute atomic E-state index is 0.108. The van der Waals surface area contributed by atoms with E-state index in [-0.39, 0.29) is 11.4 Å². The van der Waals surface area contributed by atoms with Gasteiger partial charge in [-0.25, -0.2) is 17.5 Å². The number of hydrogen-bond acceptors (Lipinski definition) is 3. The van der Waals surface area contributed by atoms with Gasteiger partial charge in [-0.2, -0.15) is 0 Å². The summed E-state index contributed by atoms with van der Waals surface area (Å²) in [6.07, 6.45) is 0. The third-order valence-electron chi connectivity index (χ3n) is 3.32. The zero-order valence-corrected chi connectivity index (χ0v) is 12.7. The van der Waals surface area contributed by atoms with E-state index in [1.54, 1.807) is 38.1 Å². The molecule has 4 nitrogen and oxygen atoms in total. The van der Waals surface area contributed by atoms with Gasteiger partial charge in [-0.05, 0) is 37.1 Å². The highest BCUT2D eigenvalue weighted by Gasteiger charge is 2.20. The molecule has 0 heterocycles. The van der Waals surface area contributed by atoms with Crippen molar-refractivity contribution in [3.63, 3.8) is 0 Å². The largest absolute Gasteiger partial charge is 0.398 e. The van der Waals surface area contributed by atoms with E-state index in [1.807, 2.05) is 0 Å². The first kappa shape index (κ1) is 15.5. The molecule has 0 saturated carbocycles. The van der Waals surface area contributed by atoms with Gasteiger partial charge in [0.15, 0.2) is 0 Å². The van der Waals surface area contributed by atoms with Crippen LogP contribution in [0.5, 0.6) is 0 Å². The van der Waals surface area contributed by atoms with E-state index >= 15 is 0 Å². The zero-order chi connectivity index (χ0) is 15.6. The second-order valence-electron chi connectivity index (χ2n) is 4.84. The summed E-state index contributed by atoms with van der Waals surface area (Å²) in [4.78, 5) is 0.152. The maximum absolute atomic E-state index is 13.5. The van der Waals surface area contributed by atoms with Crippen LogP contribution in [0.15, 0.2) is 41.3 Å². The molecule has 0 radical (unpaired) electrons. The highest BCUT2D eigenvalue weighted by atomic mass is 32.2. The molecule has 0 fully saturated rings. The Kier molecular flexibility index (Phi) is 4.29. The number of sulfonamides is 1. The van der Waals surface area contributed by atoms with E-state index in [1.165, 1.54) is 12.1 Å². The summed E-state index contributed by atoms with van der Waals surface area (Å²) < 4.78 is 40.8. The molecule has 2 aromatic carbocycles. The number of halogens is 1. The minimum Gasteiger partial charge on any atom is -0.398 e. The molecule has 3 N–H and O–H groups in total. The molecule has 0 amide bonds. The van der Waals surface area contributed by atoms with Gasteiger partial charge in [-0.15, -0.1) is 0 Å². The SMILES string of the molecule is Cc1ccc(N)c(C)c1S(=O)(=O)NCc1ccccc1F. The number of aryl methyl sites for hydroxylation is 1. The number of hydrogen-bond donors (Lipinski definition) is 2. The molecule has 0 atom stereocenters. The van der Waals surface area contributed by atoms with E-state index in [9.17, 15) is 12.8 Å². The number of rotatable bonds is 4. The molecule has 0 aromatic heterocycles. The Labute approximate surface area is 123 Å². The molecule has 112 valence electrons. The summed E-state index contributed by atoms with van der Waals surface area (Å²) in [5.74, 6) is -0.443. The fourth-order valence-corrected chi connectivity index (χ4v) is 3.65. The van der Waals surface area contributed by atoms with Crippen LogP contribution in [-0.2, 0) is 16.6 Å². The summed E-state index contributed by atoms with van der Waals surface area (Å²) in [5, 5.41) is 0. The van der Waals surface area contributed by atoms with Crippen LogP contribution in [0.25, 0.3) is 0 Å². The van der Waals surface area contributed by atoms with Crippen LogP contribution >= 0.6 is 0 Å². The van der Waals surface area contributed by atoms with Crippen LogP contribution in [0.3, 0.4) is 0 Å². The second kappa shape index (κ2) is 5.83. The quantitative estimate of drug-likeness (QED) is 0.852. The lowest BCUT2D eigenvalue weighted by molar-refractivity contribution is 0.573. The van der Waals surface area contributed by atoms with E-state index < -0.39 is 15.8 Å². The highest BCUT2D eigenvalue weighted by Crippen LogP contribution is 2.24. The molecule has 0 saturated heterocycles. The molecule has 2 aromatic rings. The van der Waals surface area contributed by atoms with Crippen LogP contribution in [0, 0.1) is 19.7 Å². The van der Waals surface area contributed by atoms with Crippen LogP contribution in [-0.4, -0.2) is 8.42 Å². The Morgan fingerprint density at radius 1 is 1.14 bits per heavy atom. The van der Waals surface area contributed by atoms with E-state index in [0.29, 0.717) is 22.4 Å². The van der Waals surface area contributed by atoms with Gasteiger partial charge in [-0.3, -0.25) is 0 Å². The Balaban J connectivity index is 2.32. The number of anilines is 1. The van der Waals surface area contributed by atoms with E-state index in [0.717, 1.165) is 0 Å². The number of nitrogen functional groups attached to an aromatic ring is 1. The summed E-state index contributed by atoms with van der Waals surface area (Å²) in [7, 11) is -3.76. The van der Waals surface area contributed by atoms with Crippen LogP contribution in [0.2, 0.25) is 0 Å². The average Bonchev–Trinajstić information content (AvgIpc) is 2.42. The van der Waals surface area contributed by atoms with Gasteiger partial charge in [0.25, 0.3) is 0 Å². The summed E-state index contributed by atoms with van der Waals surface area (Å²) in [6, 6.07) is 9.36. The summed E-state index contributed by atoms with van der Waals surface area (Å²) >= 11 is 0. The lowest BCUT2D eigenvalue weighted by Crippen LogP contribution is -2.25. The Bertz CT molecular complexity index is 773. The van der Waals surface area contributed by atoms with Crippen molar-refractivity contribution < 1.29 is 12.8 Å². The van der Waals surface area contributed by atoms with Crippen LogP contribution < -0.4 is 10.5 Å². The average molecular weight is 308 g/mol. The van der Waals surface area contributed by atoms with Crippen molar-refractivity contribution in [3.05, 3.63) is 58.9 Å². The fourth-order valence-electron chi connectivity index (χ4n) is 2.14. The highest BCUT2D eigenvalue weighted by molar-refractivity contribution is 7.89. The lowest BCUT2D eigenvalue weighted by Gasteiger charge is -2.14. The fraction of sp³-hybridized carbons (Fsp3) is 0.200. The maximum atomic E-state index is 13.5. The van der Waals surface area contributed by atoms with Crippen molar-refractivity contribution in [2.45, 2.75) is 25.3 Å². The molecule has 0 aliphatic carbocycles. The zero-order valence-electron chi connectivity index (χ0n) is 11.9. The third-order valence-corrected chi connectivity index (χ3v) is 5.01. The smallest absolute Gasteiger partial charge is 0.241 e. The van der Waals surface area contributed by atoms with Gasteiger partial charge in [0.2, 0.25) is 10.0 Å². The van der Waals surface area contributed by atoms with Crippen LogP contribution in [0.4, 0.5) is 10.1 Å². The Morgan fingerprint density at radius 3 is 2.48 bits per heavy atom. The van der Waals surface area contributed by atoms with Gasteiger partial charge in [0.1, 0.15) is 5.82 Å². The topological polar surface area (TPSA) is 72.2 Å². The molecular formula is C15H17FN2O2S. The van der Waals surface area contributed by atoms with Crippen molar-refractivity contribution in [2.75, 3.05) is 5.73 Å². The second-order valence-corrected chi connectivity index (χ2v) is 6.55. The van der Waals surface area contributed by atoms with E-state index in [4.69, 9.17) is 5.73 Å². The van der Waals surface area contributed by atoms with Crippen molar-refractivity contribution in [3.8, 4) is 0 Å². The predicted molar refractivity (Wildman–Crippen MR) is 80.8 cm³/mol. The summed E-state index contributed by atoms with van der Waals surface area (Å²) in [6.45, 7) is 3.24. The van der Waals surface area contributed by atoms with Crippen molar-refractivity contribution >= 4 is 15.7 Å². The first-order valence-electron chi connectivity index (χ1n) is 6.41. The van der Waals surface area contributed by atoms with Crippen molar-refractivity contribution in [1.82, 2.24) is 4.72 Å². The molecule has 0 spiro atoms. The van der Waals surface area contributed by atoms with Crippen molar-refractivity contribution in [1.29, 1.82) is 0 Å². The molecule has 2 rings (SSSR count). The normalized spacial score (nSPS) is 11.6. The minimum atomic E-state index is -3.76. The molecular weight excluding hydrogens is 291 g/mol. The van der Waals surface area contributed by atoms with Crippen molar-refractivity contribution in [2.24, 2.45) is 0 Å². The first-order valence-corrected chi connectivity index (χ1v) is 7.90. The standard InChI is InChI=1S/C15H17FN2O2S/c1-10-7-8-14(17)11(2)15(10)21(19,20)18-9-12-5-3-4-6-13(12)16/h3-8,18H,9,17H2,1-2H3. The first-order chi connectivity index (χ1) is 9.83. The van der Waals surface area contributed by atoms with Crippen LogP contribution in [0.1, 0.15) is 16.7 Å². The monoisotopic (exact) mass is 308 g/mol. The number of nitrogens with one attached hydrogen (secondary N) is 1. The van der Waals surface area contributed by atoms with E-state index in [2.05, 4.69) is 4.72 Å². The van der Waals surface area contributed by atoms with Gasteiger partial charge in [0, 0.05) is 17.8 Å². The Morgan fingerprint density at radius 2 is 1.81 bits per heavy atom. The third kappa shape index (κ3) is 3.22. The number of nitrogens with two attached hydrogens (primary N) is 1. The predicted octanol–water partition coefficient (Wildman–Crippen LogP) is 2.50. The Hall–Kier alpha value is -1.92. The van der Waals surface area contributed by atoms with Gasteiger partial charge < -0.3 is 5.73 Å². The molecule has 6 heteroatoms. The van der Waals surface area contributed by atoms with Gasteiger partial charge in [-0.1, -0.05) is 24.3 Å². The molecule has 0 aliphatic heterocycles. The molecule has 0 bridgehead atoms. The maximum Gasteiger partial charge on any atom is 0.241 e. The molecule has 0 unspecified atom stereocenters. The molecule has 21 heavy (non-hydrogen) atoms. The van der Waals surface area contributed by atoms with Gasteiger partial charge >= 0.3 is 0 Å².